The van der Waals surface area contributed by atoms with E-state index in [0.717, 1.165) is 11.3 Å². The number of carbonyl (C=O) groups is 1. The highest BCUT2D eigenvalue weighted by molar-refractivity contribution is 6.01. The number of ether oxygens (including phenoxy) is 1. The van der Waals surface area contributed by atoms with Crippen molar-refractivity contribution in [3.63, 3.8) is 0 Å². The number of carbonyl (C=O) groups excluding carboxylic acids is 1. The van der Waals surface area contributed by atoms with Crippen molar-refractivity contribution < 1.29 is 9.53 Å². The molecular formula is C16H18N2O2. The van der Waals surface area contributed by atoms with Gasteiger partial charge in [-0.25, -0.2) is 0 Å². The van der Waals surface area contributed by atoms with Crippen molar-refractivity contribution in [2.24, 2.45) is 0 Å². The van der Waals surface area contributed by atoms with Gasteiger partial charge in [-0.1, -0.05) is 18.2 Å². The average Bonchev–Trinajstić information content (AvgIpc) is 2.43. The van der Waals surface area contributed by atoms with Gasteiger partial charge in [0, 0.05) is 6.54 Å². The average molecular weight is 270 g/mol. The van der Waals surface area contributed by atoms with Crippen LogP contribution in [0.25, 0.3) is 6.08 Å². The Morgan fingerprint density at radius 2 is 2.10 bits per heavy atom. The molecule has 4 heteroatoms. The van der Waals surface area contributed by atoms with E-state index in [9.17, 15) is 4.79 Å². The Morgan fingerprint density at radius 3 is 2.60 bits per heavy atom. The summed E-state index contributed by atoms with van der Waals surface area (Å²) in [5, 5.41) is 11.6. The highest BCUT2D eigenvalue weighted by Crippen LogP contribution is 2.15. The van der Waals surface area contributed by atoms with Gasteiger partial charge in [0.15, 0.2) is 0 Å². The second-order valence-electron chi connectivity index (χ2n) is 4.40. The first kappa shape index (κ1) is 15.5. The van der Waals surface area contributed by atoms with Crippen LogP contribution in [-0.2, 0) is 4.79 Å². The van der Waals surface area contributed by atoms with Crippen molar-refractivity contribution in [3.8, 4) is 11.8 Å². The van der Waals surface area contributed by atoms with E-state index in [1.54, 1.807) is 18.2 Å². The predicted molar refractivity (Wildman–Crippen MR) is 79.0 cm³/mol. The number of nitriles is 1. The second-order valence-corrected chi connectivity index (χ2v) is 4.40. The van der Waals surface area contributed by atoms with Crippen LogP contribution < -0.4 is 10.1 Å². The van der Waals surface area contributed by atoms with Gasteiger partial charge in [-0.2, -0.15) is 5.26 Å². The number of benzene rings is 1. The molecule has 0 bridgehead atoms. The molecule has 1 amide bonds. The van der Waals surface area contributed by atoms with Crippen LogP contribution >= 0.6 is 0 Å². The smallest absolute Gasteiger partial charge is 0.262 e. The molecule has 0 aliphatic heterocycles. The van der Waals surface area contributed by atoms with E-state index in [4.69, 9.17) is 10.00 Å². The largest absolute Gasteiger partial charge is 0.491 e. The van der Waals surface area contributed by atoms with Crippen LogP contribution in [0, 0.1) is 11.3 Å². The summed E-state index contributed by atoms with van der Waals surface area (Å²) in [7, 11) is 0. The molecule has 0 radical (unpaired) electrons. The van der Waals surface area contributed by atoms with E-state index in [2.05, 4.69) is 11.9 Å². The zero-order valence-electron chi connectivity index (χ0n) is 11.7. The minimum Gasteiger partial charge on any atom is -0.491 e. The Kier molecular flexibility index (Phi) is 6.05. The minimum atomic E-state index is -0.407. The number of nitrogens with zero attached hydrogens (tertiary/aromatic N) is 1. The molecule has 20 heavy (non-hydrogen) atoms. The molecule has 0 saturated carbocycles. The SMILES string of the molecule is C=CCNC(=O)C(C#N)=Cc1ccc(OC(C)C)cc1. The third-order valence-corrected chi connectivity index (χ3v) is 2.33. The maximum atomic E-state index is 11.7. The van der Waals surface area contributed by atoms with Crippen molar-refractivity contribution in [1.82, 2.24) is 5.32 Å². The van der Waals surface area contributed by atoms with Crippen LogP contribution in [0.2, 0.25) is 0 Å². The number of rotatable bonds is 6. The number of nitrogens with one attached hydrogen (secondary N) is 1. The van der Waals surface area contributed by atoms with Crippen LogP contribution in [0.4, 0.5) is 0 Å². The van der Waals surface area contributed by atoms with Crippen molar-refractivity contribution in [3.05, 3.63) is 48.1 Å². The lowest BCUT2D eigenvalue weighted by Crippen LogP contribution is -2.24. The fourth-order valence-corrected chi connectivity index (χ4v) is 1.49. The van der Waals surface area contributed by atoms with E-state index < -0.39 is 5.91 Å². The summed E-state index contributed by atoms with van der Waals surface area (Å²) < 4.78 is 5.52. The topological polar surface area (TPSA) is 62.1 Å². The Hall–Kier alpha value is -2.54. The predicted octanol–water partition coefficient (Wildman–Crippen LogP) is 2.68. The Morgan fingerprint density at radius 1 is 1.45 bits per heavy atom. The molecule has 0 aromatic heterocycles. The fourth-order valence-electron chi connectivity index (χ4n) is 1.49. The molecule has 0 atom stereocenters. The van der Waals surface area contributed by atoms with Crippen LogP contribution in [-0.4, -0.2) is 18.6 Å². The fraction of sp³-hybridized carbons (Fsp3) is 0.250. The molecule has 0 saturated heterocycles. The first-order valence-electron chi connectivity index (χ1n) is 6.34. The van der Waals surface area contributed by atoms with Crippen molar-refractivity contribution >= 4 is 12.0 Å². The molecule has 4 nitrogen and oxygen atoms in total. The number of amides is 1. The van der Waals surface area contributed by atoms with Gasteiger partial charge in [-0.05, 0) is 37.6 Å². The quantitative estimate of drug-likeness (QED) is 0.491. The van der Waals surface area contributed by atoms with E-state index >= 15 is 0 Å². The van der Waals surface area contributed by atoms with Crippen LogP contribution in [0.15, 0.2) is 42.5 Å². The third-order valence-electron chi connectivity index (χ3n) is 2.33. The summed E-state index contributed by atoms with van der Waals surface area (Å²) in [6.07, 6.45) is 3.21. The Balaban J connectivity index is 2.83. The van der Waals surface area contributed by atoms with Gasteiger partial charge in [0.05, 0.1) is 6.10 Å². The zero-order chi connectivity index (χ0) is 15.0. The molecule has 1 N–H and O–H groups in total. The van der Waals surface area contributed by atoms with E-state index in [0.29, 0.717) is 6.54 Å². The summed E-state index contributed by atoms with van der Waals surface area (Å²) in [6.45, 7) is 7.74. The first-order chi connectivity index (χ1) is 9.56. The summed E-state index contributed by atoms with van der Waals surface area (Å²) in [5.41, 5.74) is 0.829. The van der Waals surface area contributed by atoms with Gasteiger partial charge in [0.1, 0.15) is 17.4 Å². The molecule has 0 heterocycles. The molecule has 0 aliphatic carbocycles. The van der Waals surface area contributed by atoms with Gasteiger partial charge in [-0.15, -0.1) is 6.58 Å². The van der Waals surface area contributed by atoms with Crippen LogP contribution in [0.3, 0.4) is 0 Å². The standard InChI is InChI=1S/C16H18N2O2/c1-4-9-18-16(19)14(11-17)10-13-5-7-15(8-6-13)20-12(2)3/h4-8,10,12H,1,9H2,2-3H3,(H,18,19). The maximum absolute atomic E-state index is 11.7. The molecule has 0 unspecified atom stereocenters. The normalized spacial score (nSPS) is 10.8. The van der Waals surface area contributed by atoms with Crippen molar-refractivity contribution in [1.29, 1.82) is 5.26 Å². The van der Waals surface area contributed by atoms with Gasteiger partial charge in [-0.3, -0.25) is 4.79 Å². The molecule has 0 spiro atoms. The van der Waals surface area contributed by atoms with Crippen molar-refractivity contribution in [2.45, 2.75) is 20.0 Å². The van der Waals surface area contributed by atoms with Gasteiger partial charge < -0.3 is 10.1 Å². The van der Waals surface area contributed by atoms with E-state index in [-0.39, 0.29) is 11.7 Å². The molecular weight excluding hydrogens is 252 g/mol. The monoisotopic (exact) mass is 270 g/mol. The lowest BCUT2D eigenvalue weighted by Gasteiger charge is -2.09. The molecule has 1 aromatic rings. The Bertz CT molecular complexity index is 537. The molecule has 0 fully saturated rings. The number of hydrogen-bond acceptors (Lipinski definition) is 3. The van der Waals surface area contributed by atoms with Gasteiger partial charge in [0.2, 0.25) is 0 Å². The minimum absolute atomic E-state index is 0.0596. The van der Waals surface area contributed by atoms with E-state index in [1.807, 2.05) is 32.0 Å². The zero-order valence-corrected chi connectivity index (χ0v) is 11.7. The molecule has 1 aromatic carbocycles. The molecule has 1 rings (SSSR count). The van der Waals surface area contributed by atoms with Gasteiger partial charge in [0.25, 0.3) is 5.91 Å². The first-order valence-corrected chi connectivity index (χ1v) is 6.34. The van der Waals surface area contributed by atoms with Crippen molar-refractivity contribution in [2.75, 3.05) is 6.54 Å². The third kappa shape index (κ3) is 4.99. The number of hydrogen-bond donors (Lipinski definition) is 1. The van der Waals surface area contributed by atoms with Crippen LogP contribution in [0.5, 0.6) is 5.75 Å². The second kappa shape index (κ2) is 7.80. The summed E-state index contributed by atoms with van der Waals surface area (Å²) in [6, 6.07) is 9.11. The summed E-state index contributed by atoms with van der Waals surface area (Å²) >= 11 is 0. The van der Waals surface area contributed by atoms with Gasteiger partial charge >= 0.3 is 0 Å². The highest BCUT2D eigenvalue weighted by Gasteiger charge is 2.07. The highest BCUT2D eigenvalue weighted by atomic mass is 16.5. The van der Waals surface area contributed by atoms with Crippen LogP contribution in [0.1, 0.15) is 19.4 Å². The van der Waals surface area contributed by atoms with E-state index in [1.165, 1.54) is 6.08 Å². The lowest BCUT2D eigenvalue weighted by atomic mass is 10.1. The Labute approximate surface area is 119 Å². The summed E-state index contributed by atoms with van der Waals surface area (Å²) in [4.78, 5) is 11.7. The maximum Gasteiger partial charge on any atom is 0.262 e. The lowest BCUT2D eigenvalue weighted by molar-refractivity contribution is -0.116. The molecule has 0 aliphatic rings. The molecule has 104 valence electrons. The summed E-state index contributed by atoms with van der Waals surface area (Å²) in [5.74, 6) is 0.349.